The fraction of sp³-hybridized carbons (Fsp3) is 0.400. The van der Waals surface area contributed by atoms with Gasteiger partial charge in [0.1, 0.15) is 0 Å². The number of rotatable bonds is 3. The number of anilines is 1. The Hall–Kier alpha value is -1.49. The van der Waals surface area contributed by atoms with Crippen LogP contribution in [-0.4, -0.2) is 17.4 Å². The lowest BCUT2D eigenvalue weighted by molar-refractivity contribution is -0.123. The van der Waals surface area contributed by atoms with Gasteiger partial charge in [0.05, 0.1) is 17.3 Å². The maximum atomic E-state index is 12.5. The van der Waals surface area contributed by atoms with Gasteiger partial charge in [-0.05, 0) is 26.0 Å². The Morgan fingerprint density at radius 1 is 1.60 bits per heavy atom. The minimum Gasteiger partial charge on any atom is -0.329 e. The van der Waals surface area contributed by atoms with Crippen LogP contribution < -0.4 is 11.1 Å². The Bertz CT molecular complexity index is 348. The van der Waals surface area contributed by atoms with Crippen LogP contribution in [0.1, 0.15) is 13.8 Å². The molecule has 0 aromatic carbocycles. The quantitative estimate of drug-likeness (QED) is 0.737. The molecule has 0 saturated carbocycles. The monoisotopic (exact) mass is 211 g/mol. The topological polar surface area (TPSA) is 68.0 Å². The van der Waals surface area contributed by atoms with Crippen LogP contribution in [-0.2, 0) is 4.79 Å². The van der Waals surface area contributed by atoms with Crippen LogP contribution in [0.5, 0.6) is 0 Å². The highest BCUT2D eigenvalue weighted by Crippen LogP contribution is 2.16. The van der Waals surface area contributed by atoms with Crippen molar-refractivity contribution in [1.29, 1.82) is 0 Å². The summed E-state index contributed by atoms with van der Waals surface area (Å²) < 4.78 is 12.5. The molecule has 1 aromatic rings. The van der Waals surface area contributed by atoms with E-state index in [0.29, 0.717) is 5.69 Å². The van der Waals surface area contributed by atoms with E-state index in [1.54, 1.807) is 13.8 Å². The van der Waals surface area contributed by atoms with Gasteiger partial charge >= 0.3 is 0 Å². The normalized spacial score (nSPS) is 11.2. The third kappa shape index (κ3) is 2.99. The first-order valence-corrected chi connectivity index (χ1v) is 4.59. The molecule has 0 aliphatic rings. The number of carbonyl (C=O) groups excluding carboxylic acids is 1. The number of nitrogens with two attached hydrogens (primary N) is 1. The summed E-state index contributed by atoms with van der Waals surface area (Å²) in [4.78, 5) is 15.1. The van der Waals surface area contributed by atoms with Crippen LogP contribution in [0.4, 0.5) is 10.1 Å². The van der Waals surface area contributed by atoms with Gasteiger partial charge in [0, 0.05) is 6.54 Å². The van der Waals surface area contributed by atoms with E-state index in [-0.39, 0.29) is 12.5 Å². The zero-order valence-corrected chi connectivity index (χ0v) is 8.75. The molecule has 0 aliphatic heterocycles. The summed E-state index contributed by atoms with van der Waals surface area (Å²) in [6.07, 6.45) is 1.26. The first-order valence-electron chi connectivity index (χ1n) is 4.59. The molecule has 5 heteroatoms. The van der Waals surface area contributed by atoms with Crippen molar-refractivity contribution in [1.82, 2.24) is 4.98 Å². The molecular weight excluding hydrogens is 197 g/mol. The Morgan fingerprint density at radius 2 is 2.27 bits per heavy atom. The Morgan fingerprint density at radius 3 is 2.73 bits per heavy atom. The molecule has 0 atom stereocenters. The van der Waals surface area contributed by atoms with Crippen molar-refractivity contribution in [2.45, 2.75) is 13.8 Å². The highest BCUT2D eigenvalue weighted by atomic mass is 19.1. The second-order valence-corrected chi connectivity index (χ2v) is 3.91. The summed E-state index contributed by atoms with van der Waals surface area (Å²) in [5.41, 5.74) is 5.27. The molecule has 1 aromatic heterocycles. The Balaban J connectivity index is 2.71. The van der Waals surface area contributed by atoms with Crippen molar-refractivity contribution < 1.29 is 9.18 Å². The minimum absolute atomic E-state index is 0.210. The van der Waals surface area contributed by atoms with E-state index in [1.165, 1.54) is 18.3 Å². The van der Waals surface area contributed by atoms with Gasteiger partial charge in [-0.2, -0.15) is 4.39 Å². The van der Waals surface area contributed by atoms with E-state index >= 15 is 0 Å². The van der Waals surface area contributed by atoms with Gasteiger partial charge in [-0.1, -0.05) is 0 Å². The number of nitrogens with one attached hydrogen (secondary N) is 1. The van der Waals surface area contributed by atoms with Crippen molar-refractivity contribution in [2.24, 2.45) is 11.1 Å². The third-order valence-corrected chi connectivity index (χ3v) is 2.11. The van der Waals surface area contributed by atoms with E-state index < -0.39 is 11.4 Å². The smallest absolute Gasteiger partial charge is 0.231 e. The molecule has 0 aliphatic carbocycles. The number of hydrogen-bond donors (Lipinski definition) is 2. The van der Waals surface area contributed by atoms with E-state index in [2.05, 4.69) is 10.3 Å². The van der Waals surface area contributed by atoms with E-state index in [1.807, 2.05) is 0 Å². The lowest BCUT2D eigenvalue weighted by Gasteiger charge is -2.20. The fourth-order valence-electron chi connectivity index (χ4n) is 0.843. The minimum atomic E-state index is -0.644. The second-order valence-electron chi connectivity index (χ2n) is 3.91. The van der Waals surface area contributed by atoms with Gasteiger partial charge < -0.3 is 11.1 Å². The van der Waals surface area contributed by atoms with Gasteiger partial charge in [-0.15, -0.1) is 0 Å². The SMILES string of the molecule is CC(C)(CN)C(=O)Nc1ccc(F)nc1. The number of aromatic nitrogens is 1. The molecule has 0 unspecified atom stereocenters. The predicted octanol–water partition coefficient (Wildman–Crippen LogP) is 1.14. The van der Waals surface area contributed by atoms with Crippen LogP contribution >= 0.6 is 0 Å². The van der Waals surface area contributed by atoms with Crippen LogP contribution in [0.3, 0.4) is 0 Å². The third-order valence-electron chi connectivity index (χ3n) is 2.11. The predicted molar refractivity (Wildman–Crippen MR) is 55.7 cm³/mol. The van der Waals surface area contributed by atoms with Crippen LogP contribution in [0.2, 0.25) is 0 Å². The molecular formula is C10H14FN3O. The zero-order valence-electron chi connectivity index (χ0n) is 8.75. The van der Waals surface area contributed by atoms with Gasteiger partial charge in [0.2, 0.25) is 11.9 Å². The highest BCUT2D eigenvalue weighted by Gasteiger charge is 2.25. The molecule has 4 nitrogen and oxygen atoms in total. The summed E-state index contributed by atoms with van der Waals surface area (Å²) in [5, 5.41) is 2.61. The maximum absolute atomic E-state index is 12.5. The molecule has 1 amide bonds. The molecule has 0 saturated heterocycles. The van der Waals surface area contributed by atoms with Crippen LogP contribution in [0.25, 0.3) is 0 Å². The first-order chi connectivity index (χ1) is 6.95. The molecule has 0 fully saturated rings. The molecule has 0 radical (unpaired) electrons. The summed E-state index contributed by atoms with van der Waals surface area (Å²) in [7, 11) is 0. The zero-order chi connectivity index (χ0) is 11.5. The first kappa shape index (κ1) is 11.6. The number of pyridine rings is 1. The highest BCUT2D eigenvalue weighted by molar-refractivity contribution is 5.94. The summed E-state index contributed by atoms with van der Waals surface area (Å²) >= 11 is 0. The standard InChI is InChI=1S/C10H14FN3O/c1-10(2,6-12)9(15)14-7-3-4-8(11)13-5-7/h3-5H,6,12H2,1-2H3,(H,14,15). The van der Waals surface area contributed by atoms with Gasteiger partial charge in [0.15, 0.2) is 0 Å². The number of hydrogen-bond acceptors (Lipinski definition) is 3. The maximum Gasteiger partial charge on any atom is 0.231 e. The molecule has 0 bridgehead atoms. The molecule has 3 N–H and O–H groups in total. The van der Waals surface area contributed by atoms with Crippen molar-refractivity contribution in [3.8, 4) is 0 Å². The summed E-state index contributed by atoms with van der Waals surface area (Å²) in [5.74, 6) is -0.788. The van der Waals surface area contributed by atoms with Crippen molar-refractivity contribution in [2.75, 3.05) is 11.9 Å². The van der Waals surface area contributed by atoms with Crippen molar-refractivity contribution >= 4 is 11.6 Å². The van der Waals surface area contributed by atoms with Gasteiger partial charge in [0.25, 0.3) is 0 Å². The van der Waals surface area contributed by atoms with Crippen molar-refractivity contribution in [3.05, 3.63) is 24.3 Å². The molecule has 1 rings (SSSR count). The summed E-state index contributed by atoms with van der Waals surface area (Å²) in [6, 6.07) is 2.64. The lowest BCUT2D eigenvalue weighted by Crippen LogP contribution is -2.37. The van der Waals surface area contributed by atoms with Crippen LogP contribution in [0.15, 0.2) is 18.3 Å². The van der Waals surface area contributed by atoms with E-state index in [0.717, 1.165) is 0 Å². The van der Waals surface area contributed by atoms with Gasteiger partial charge in [-0.25, -0.2) is 4.98 Å². The van der Waals surface area contributed by atoms with Crippen LogP contribution in [0, 0.1) is 11.4 Å². The summed E-state index contributed by atoms with van der Waals surface area (Å²) in [6.45, 7) is 3.71. The second kappa shape index (κ2) is 4.35. The Labute approximate surface area is 87.7 Å². The number of amides is 1. The molecule has 1 heterocycles. The van der Waals surface area contributed by atoms with E-state index in [4.69, 9.17) is 5.73 Å². The number of nitrogens with zero attached hydrogens (tertiary/aromatic N) is 1. The molecule has 0 spiro atoms. The molecule has 15 heavy (non-hydrogen) atoms. The van der Waals surface area contributed by atoms with Gasteiger partial charge in [-0.3, -0.25) is 4.79 Å². The Kier molecular flexibility index (Phi) is 3.36. The largest absolute Gasteiger partial charge is 0.329 e. The lowest BCUT2D eigenvalue weighted by atomic mass is 9.93. The average Bonchev–Trinajstić information content (AvgIpc) is 2.21. The van der Waals surface area contributed by atoms with E-state index in [9.17, 15) is 9.18 Å². The van der Waals surface area contributed by atoms with Crippen molar-refractivity contribution in [3.63, 3.8) is 0 Å². The number of carbonyl (C=O) groups is 1. The average molecular weight is 211 g/mol. The fourth-order valence-corrected chi connectivity index (χ4v) is 0.843. The molecule has 82 valence electrons. The number of halogens is 1.